The third-order valence-corrected chi connectivity index (χ3v) is 3.34. The predicted octanol–water partition coefficient (Wildman–Crippen LogP) is 2.18. The summed E-state index contributed by atoms with van der Waals surface area (Å²) in [7, 11) is 0. The summed E-state index contributed by atoms with van der Waals surface area (Å²) in [6.07, 6.45) is -0.549. The summed E-state index contributed by atoms with van der Waals surface area (Å²) in [6.45, 7) is 8.22. The molecule has 1 atom stereocenters. The smallest absolute Gasteiger partial charge is 0.408 e. The van der Waals surface area contributed by atoms with Crippen LogP contribution in [0.3, 0.4) is 0 Å². The fourth-order valence-electron chi connectivity index (χ4n) is 2.16. The van der Waals surface area contributed by atoms with Crippen molar-refractivity contribution in [1.82, 2.24) is 10.6 Å². The Labute approximate surface area is 158 Å². The van der Waals surface area contributed by atoms with Crippen LogP contribution in [0.5, 0.6) is 0 Å². The number of carbonyl (C=O) groups is 2. The first kappa shape index (κ1) is 22.4. The van der Waals surface area contributed by atoms with Gasteiger partial charge in [0.1, 0.15) is 11.6 Å². The topological polar surface area (TPSA) is 120 Å². The van der Waals surface area contributed by atoms with E-state index in [4.69, 9.17) is 9.47 Å². The van der Waals surface area contributed by atoms with E-state index < -0.39 is 22.7 Å². The molecule has 0 spiro atoms. The van der Waals surface area contributed by atoms with Crippen LogP contribution in [0.1, 0.15) is 33.3 Å². The van der Waals surface area contributed by atoms with Crippen LogP contribution < -0.4 is 10.6 Å². The second kappa shape index (κ2) is 10.5. The van der Waals surface area contributed by atoms with Gasteiger partial charge in [0.15, 0.2) is 0 Å². The summed E-state index contributed by atoms with van der Waals surface area (Å²) < 4.78 is 10.4. The minimum absolute atomic E-state index is 0.0448. The molecule has 0 aliphatic carbocycles. The van der Waals surface area contributed by atoms with E-state index in [1.165, 1.54) is 12.1 Å². The van der Waals surface area contributed by atoms with Crippen molar-refractivity contribution in [2.45, 2.75) is 45.8 Å². The zero-order valence-corrected chi connectivity index (χ0v) is 16.1. The van der Waals surface area contributed by atoms with Crippen molar-refractivity contribution in [2.24, 2.45) is 0 Å². The molecule has 150 valence electrons. The van der Waals surface area contributed by atoms with Crippen molar-refractivity contribution in [1.29, 1.82) is 0 Å². The lowest BCUT2D eigenvalue weighted by Gasteiger charge is -2.23. The summed E-state index contributed by atoms with van der Waals surface area (Å²) in [5.74, 6) is -0.390. The Morgan fingerprint density at radius 3 is 2.37 bits per heavy atom. The van der Waals surface area contributed by atoms with E-state index >= 15 is 0 Å². The highest BCUT2D eigenvalue weighted by molar-refractivity contribution is 5.86. The number of hydrogen-bond donors (Lipinski definition) is 2. The second-order valence-corrected chi connectivity index (χ2v) is 6.81. The maximum atomic E-state index is 12.4. The summed E-state index contributed by atoms with van der Waals surface area (Å²) in [5, 5.41) is 16.0. The number of rotatable bonds is 9. The van der Waals surface area contributed by atoms with Crippen molar-refractivity contribution < 1.29 is 24.0 Å². The molecule has 9 nitrogen and oxygen atoms in total. The van der Waals surface area contributed by atoms with Gasteiger partial charge >= 0.3 is 6.09 Å². The molecule has 0 fully saturated rings. The Bertz CT molecular complexity index is 639. The molecule has 0 saturated heterocycles. The predicted molar refractivity (Wildman–Crippen MR) is 99.5 cm³/mol. The SMILES string of the molecule is CCOCCNC(=O)[C@H](Cc1ccc([N+](=O)[O-])cc1)NC(=O)OC(C)(C)C. The lowest BCUT2D eigenvalue weighted by Crippen LogP contribution is -2.49. The lowest BCUT2D eigenvalue weighted by molar-refractivity contribution is -0.384. The van der Waals surface area contributed by atoms with Crippen molar-refractivity contribution in [3.8, 4) is 0 Å². The number of nitrogens with one attached hydrogen (secondary N) is 2. The molecule has 0 saturated carbocycles. The molecule has 0 bridgehead atoms. The maximum Gasteiger partial charge on any atom is 0.408 e. The van der Waals surface area contributed by atoms with Gasteiger partial charge in [0, 0.05) is 31.7 Å². The Morgan fingerprint density at radius 1 is 1.22 bits per heavy atom. The standard InChI is InChI=1S/C18H27N3O6/c1-5-26-11-10-19-16(22)15(20-17(23)27-18(2,3)4)12-13-6-8-14(9-7-13)21(24)25/h6-9,15H,5,10-12H2,1-4H3,(H,19,22)(H,20,23)/t15-/m0/s1. The van der Waals surface area contributed by atoms with E-state index in [0.717, 1.165) is 0 Å². The van der Waals surface area contributed by atoms with E-state index in [1.807, 2.05) is 6.92 Å². The van der Waals surface area contributed by atoms with Gasteiger partial charge in [-0.15, -0.1) is 0 Å². The number of carbonyl (C=O) groups excluding carboxylic acids is 2. The molecular weight excluding hydrogens is 354 g/mol. The van der Waals surface area contributed by atoms with E-state index in [1.54, 1.807) is 32.9 Å². The molecule has 2 N–H and O–H groups in total. The highest BCUT2D eigenvalue weighted by Gasteiger charge is 2.24. The van der Waals surface area contributed by atoms with Crippen molar-refractivity contribution in [2.75, 3.05) is 19.8 Å². The van der Waals surface area contributed by atoms with Crippen molar-refractivity contribution >= 4 is 17.7 Å². The van der Waals surface area contributed by atoms with E-state index in [0.29, 0.717) is 25.3 Å². The molecule has 27 heavy (non-hydrogen) atoms. The normalized spacial score (nSPS) is 12.1. The van der Waals surface area contributed by atoms with Crippen LogP contribution in [0.2, 0.25) is 0 Å². The molecule has 1 aromatic rings. The first-order valence-corrected chi connectivity index (χ1v) is 8.70. The van der Waals surface area contributed by atoms with E-state index in [-0.39, 0.29) is 18.0 Å². The van der Waals surface area contributed by atoms with Crippen LogP contribution in [-0.2, 0) is 20.7 Å². The van der Waals surface area contributed by atoms with Gasteiger partial charge < -0.3 is 20.1 Å². The average Bonchev–Trinajstić information content (AvgIpc) is 2.56. The molecule has 0 aliphatic rings. The highest BCUT2D eigenvalue weighted by Crippen LogP contribution is 2.14. The minimum atomic E-state index is -0.886. The first-order valence-electron chi connectivity index (χ1n) is 8.70. The zero-order chi connectivity index (χ0) is 20.4. The van der Waals surface area contributed by atoms with Gasteiger partial charge in [-0.2, -0.15) is 0 Å². The van der Waals surface area contributed by atoms with Gasteiger partial charge in [0.2, 0.25) is 5.91 Å². The third-order valence-electron chi connectivity index (χ3n) is 3.34. The molecule has 0 unspecified atom stereocenters. The molecular formula is C18H27N3O6. The molecule has 2 amide bonds. The summed E-state index contributed by atoms with van der Waals surface area (Å²) in [6, 6.07) is 4.92. The summed E-state index contributed by atoms with van der Waals surface area (Å²) in [5.41, 5.74) is -0.0776. The Balaban J connectivity index is 2.80. The number of ether oxygens (including phenoxy) is 2. The lowest BCUT2D eigenvalue weighted by atomic mass is 10.0. The molecule has 0 aliphatic heterocycles. The Hall–Kier alpha value is -2.68. The van der Waals surface area contributed by atoms with Crippen LogP contribution >= 0.6 is 0 Å². The molecule has 0 aromatic heterocycles. The fourth-order valence-corrected chi connectivity index (χ4v) is 2.16. The van der Waals surface area contributed by atoms with Gasteiger partial charge in [-0.1, -0.05) is 12.1 Å². The largest absolute Gasteiger partial charge is 0.444 e. The second-order valence-electron chi connectivity index (χ2n) is 6.81. The van der Waals surface area contributed by atoms with Gasteiger partial charge in [0.05, 0.1) is 11.5 Å². The molecule has 0 radical (unpaired) electrons. The van der Waals surface area contributed by atoms with Crippen molar-refractivity contribution in [3.63, 3.8) is 0 Å². The van der Waals surface area contributed by atoms with E-state index in [2.05, 4.69) is 10.6 Å². The van der Waals surface area contributed by atoms with Gasteiger partial charge in [-0.05, 0) is 33.3 Å². The van der Waals surface area contributed by atoms with Crippen molar-refractivity contribution in [3.05, 3.63) is 39.9 Å². The number of nitrogens with zero attached hydrogens (tertiary/aromatic N) is 1. The van der Waals surface area contributed by atoms with E-state index in [9.17, 15) is 19.7 Å². The number of hydrogen-bond acceptors (Lipinski definition) is 6. The summed E-state index contributed by atoms with van der Waals surface area (Å²) in [4.78, 5) is 34.7. The number of alkyl carbamates (subject to hydrolysis) is 1. The first-order chi connectivity index (χ1) is 12.6. The van der Waals surface area contributed by atoms with Crippen LogP contribution in [0.15, 0.2) is 24.3 Å². The molecule has 1 rings (SSSR count). The summed E-state index contributed by atoms with van der Waals surface area (Å²) >= 11 is 0. The monoisotopic (exact) mass is 381 g/mol. The maximum absolute atomic E-state index is 12.4. The molecule has 0 heterocycles. The Morgan fingerprint density at radius 2 is 1.85 bits per heavy atom. The van der Waals surface area contributed by atoms with Gasteiger partial charge in [-0.25, -0.2) is 4.79 Å². The zero-order valence-electron chi connectivity index (χ0n) is 16.1. The Kier molecular flexibility index (Phi) is 8.67. The third kappa shape index (κ3) is 9.00. The highest BCUT2D eigenvalue weighted by atomic mass is 16.6. The number of amides is 2. The average molecular weight is 381 g/mol. The number of nitro benzene ring substituents is 1. The number of non-ortho nitro benzene ring substituents is 1. The van der Waals surface area contributed by atoms with Crippen LogP contribution in [0.25, 0.3) is 0 Å². The number of nitro groups is 1. The van der Waals surface area contributed by atoms with Gasteiger partial charge in [-0.3, -0.25) is 14.9 Å². The number of benzene rings is 1. The van der Waals surface area contributed by atoms with Crippen LogP contribution in [0.4, 0.5) is 10.5 Å². The quantitative estimate of drug-likeness (QED) is 0.384. The molecule has 1 aromatic carbocycles. The molecule has 9 heteroatoms. The van der Waals surface area contributed by atoms with Crippen LogP contribution in [0, 0.1) is 10.1 Å². The minimum Gasteiger partial charge on any atom is -0.444 e. The van der Waals surface area contributed by atoms with Crippen LogP contribution in [-0.4, -0.2) is 48.3 Å². The van der Waals surface area contributed by atoms with Gasteiger partial charge in [0.25, 0.3) is 5.69 Å². The fraction of sp³-hybridized carbons (Fsp3) is 0.556.